The van der Waals surface area contributed by atoms with E-state index in [0.717, 1.165) is 0 Å². The van der Waals surface area contributed by atoms with Gasteiger partial charge in [-0.05, 0) is 25.0 Å². The molecule has 6 heteroatoms. The van der Waals surface area contributed by atoms with Crippen molar-refractivity contribution in [3.63, 3.8) is 0 Å². The number of sulfonamides is 1. The van der Waals surface area contributed by atoms with Crippen LogP contribution in [-0.2, 0) is 10.0 Å². The summed E-state index contributed by atoms with van der Waals surface area (Å²) in [6, 6.07) is 3.19. The molecule has 0 radical (unpaired) electrons. The molecule has 4 nitrogen and oxygen atoms in total. The van der Waals surface area contributed by atoms with Gasteiger partial charge in [-0.3, -0.25) is 4.98 Å². The van der Waals surface area contributed by atoms with Crippen LogP contribution >= 0.6 is 11.6 Å². The Morgan fingerprint density at radius 1 is 1.38 bits per heavy atom. The van der Waals surface area contributed by atoms with Gasteiger partial charge in [-0.2, -0.15) is 4.31 Å². The fourth-order valence-corrected chi connectivity index (χ4v) is 3.34. The molecule has 0 aromatic carbocycles. The number of piperidine rings is 1. The number of nitrogens with zero attached hydrogens (tertiary/aromatic N) is 2. The summed E-state index contributed by atoms with van der Waals surface area (Å²) in [6.45, 7) is 0.983. The lowest BCUT2D eigenvalue weighted by atomic mass is 10.2. The number of pyridine rings is 1. The highest BCUT2D eigenvalue weighted by Crippen LogP contribution is 2.22. The number of halogens is 1. The molecule has 2 heterocycles. The summed E-state index contributed by atoms with van der Waals surface area (Å²) in [5.74, 6) is 0. The van der Waals surface area contributed by atoms with Gasteiger partial charge in [0.2, 0.25) is 10.0 Å². The normalized spacial score (nSPS) is 19.8. The van der Waals surface area contributed by atoms with Crippen LogP contribution in [0.1, 0.15) is 12.8 Å². The predicted molar refractivity (Wildman–Crippen MR) is 61.9 cm³/mol. The molecule has 1 aromatic heterocycles. The third-order valence-corrected chi connectivity index (χ3v) is 4.97. The van der Waals surface area contributed by atoms with E-state index in [0.29, 0.717) is 25.9 Å². The molecular formula is C10H13ClN2O2S. The van der Waals surface area contributed by atoms with E-state index in [9.17, 15) is 8.42 Å². The first-order chi connectivity index (χ1) is 7.60. The van der Waals surface area contributed by atoms with E-state index in [1.54, 1.807) is 18.3 Å². The van der Waals surface area contributed by atoms with Crippen LogP contribution in [0.3, 0.4) is 0 Å². The molecule has 16 heavy (non-hydrogen) atoms. The first-order valence-corrected chi connectivity index (χ1v) is 7.02. The maximum atomic E-state index is 12.1. The Kier molecular flexibility index (Phi) is 3.47. The Morgan fingerprint density at radius 3 is 2.62 bits per heavy atom. The number of hydrogen-bond acceptors (Lipinski definition) is 3. The summed E-state index contributed by atoms with van der Waals surface area (Å²) in [5.41, 5.74) is 0. The molecular weight excluding hydrogens is 248 g/mol. The lowest BCUT2D eigenvalue weighted by Gasteiger charge is -2.28. The van der Waals surface area contributed by atoms with Gasteiger partial charge in [-0.15, -0.1) is 11.6 Å². The first kappa shape index (κ1) is 11.8. The summed E-state index contributed by atoms with van der Waals surface area (Å²) in [4.78, 5) is 4.08. The van der Waals surface area contributed by atoms with Crippen LogP contribution in [0.5, 0.6) is 0 Å². The van der Waals surface area contributed by atoms with Crippen LogP contribution in [0.15, 0.2) is 29.4 Å². The number of alkyl halides is 1. The standard InChI is InChI=1S/C10H13ClN2O2S/c11-9-3-6-13(7-4-9)16(14,15)10-2-1-5-12-8-10/h1-2,5,8-9H,3-4,6-7H2. The quantitative estimate of drug-likeness (QED) is 0.757. The van der Waals surface area contributed by atoms with Crippen LogP contribution in [0, 0.1) is 0 Å². The molecule has 0 bridgehead atoms. The molecule has 0 spiro atoms. The Bertz CT molecular complexity index is 441. The summed E-state index contributed by atoms with van der Waals surface area (Å²) in [6.07, 6.45) is 4.36. The average Bonchev–Trinajstić information content (AvgIpc) is 2.31. The first-order valence-electron chi connectivity index (χ1n) is 5.15. The monoisotopic (exact) mass is 260 g/mol. The smallest absolute Gasteiger partial charge is 0.244 e. The van der Waals surface area contributed by atoms with E-state index >= 15 is 0 Å². The van der Waals surface area contributed by atoms with Crippen LogP contribution in [0.2, 0.25) is 0 Å². The second-order valence-electron chi connectivity index (χ2n) is 3.77. The maximum absolute atomic E-state index is 12.1. The van der Waals surface area contributed by atoms with Crippen LogP contribution in [-0.4, -0.2) is 36.2 Å². The predicted octanol–water partition coefficient (Wildman–Crippen LogP) is 1.47. The van der Waals surface area contributed by atoms with Crippen molar-refractivity contribution in [3.05, 3.63) is 24.5 Å². The van der Waals surface area contributed by atoms with Gasteiger partial charge in [0.15, 0.2) is 0 Å². The number of rotatable bonds is 2. The van der Waals surface area contributed by atoms with Crippen molar-refractivity contribution in [3.8, 4) is 0 Å². The van der Waals surface area contributed by atoms with E-state index in [2.05, 4.69) is 4.98 Å². The molecule has 0 amide bonds. The second-order valence-corrected chi connectivity index (χ2v) is 6.32. The topological polar surface area (TPSA) is 50.3 Å². The van der Waals surface area contributed by atoms with Crippen molar-refractivity contribution in [1.82, 2.24) is 9.29 Å². The fraction of sp³-hybridized carbons (Fsp3) is 0.500. The molecule has 0 saturated carbocycles. The van der Waals surface area contributed by atoms with Gasteiger partial charge in [0.1, 0.15) is 4.90 Å². The highest BCUT2D eigenvalue weighted by molar-refractivity contribution is 7.89. The minimum atomic E-state index is -3.37. The van der Waals surface area contributed by atoms with E-state index in [1.807, 2.05) is 0 Å². The van der Waals surface area contributed by atoms with Gasteiger partial charge in [0, 0.05) is 30.9 Å². The molecule has 0 N–H and O–H groups in total. The summed E-state index contributed by atoms with van der Waals surface area (Å²) >= 11 is 5.94. The van der Waals surface area contributed by atoms with Gasteiger partial charge in [0.25, 0.3) is 0 Å². The summed E-state index contributed by atoms with van der Waals surface area (Å²) in [5, 5.41) is 0.0975. The van der Waals surface area contributed by atoms with E-state index in [-0.39, 0.29) is 10.3 Å². The van der Waals surface area contributed by atoms with Crippen molar-refractivity contribution < 1.29 is 8.42 Å². The molecule has 1 aliphatic heterocycles. The molecule has 0 atom stereocenters. The van der Waals surface area contributed by atoms with Crippen LogP contribution in [0.25, 0.3) is 0 Å². The molecule has 88 valence electrons. The zero-order valence-corrected chi connectivity index (χ0v) is 10.3. The summed E-state index contributed by atoms with van der Waals surface area (Å²) in [7, 11) is -3.37. The molecule has 1 aliphatic rings. The van der Waals surface area contributed by atoms with Gasteiger partial charge >= 0.3 is 0 Å². The Morgan fingerprint density at radius 2 is 2.06 bits per heavy atom. The zero-order valence-electron chi connectivity index (χ0n) is 8.71. The minimum Gasteiger partial charge on any atom is -0.263 e. The molecule has 1 aromatic rings. The molecule has 0 aliphatic carbocycles. The number of aromatic nitrogens is 1. The van der Waals surface area contributed by atoms with E-state index in [1.165, 1.54) is 10.5 Å². The van der Waals surface area contributed by atoms with Crippen molar-refractivity contribution >= 4 is 21.6 Å². The maximum Gasteiger partial charge on any atom is 0.244 e. The van der Waals surface area contributed by atoms with Gasteiger partial charge in [-0.25, -0.2) is 8.42 Å². The Labute approximate surface area is 100 Å². The van der Waals surface area contributed by atoms with Crippen LogP contribution < -0.4 is 0 Å². The van der Waals surface area contributed by atoms with Gasteiger partial charge in [0.05, 0.1) is 0 Å². The van der Waals surface area contributed by atoms with E-state index < -0.39 is 10.0 Å². The van der Waals surface area contributed by atoms with Gasteiger partial charge in [-0.1, -0.05) is 0 Å². The van der Waals surface area contributed by atoms with Crippen molar-refractivity contribution in [2.24, 2.45) is 0 Å². The lowest BCUT2D eigenvalue weighted by Crippen LogP contribution is -2.38. The van der Waals surface area contributed by atoms with Crippen molar-refractivity contribution in [2.75, 3.05) is 13.1 Å². The highest BCUT2D eigenvalue weighted by Gasteiger charge is 2.28. The SMILES string of the molecule is O=S(=O)(c1cccnc1)N1CCC(Cl)CC1. The van der Waals surface area contributed by atoms with Gasteiger partial charge < -0.3 is 0 Å². The zero-order chi connectivity index (χ0) is 11.6. The molecule has 2 rings (SSSR count). The largest absolute Gasteiger partial charge is 0.263 e. The van der Waals surface area contributed by atoms with Crippen molar-refractivity contribution in [1.29, 1.82) is 0 Å². The molecule has 1 fully saturated rings. The van der Waals surface area contributed by atoms with E-state index in [4.69, 9.17) is 11.6 Å². The summed E-state index contributed by atoms with van der Waals surface area (Å²) < 4.78 is 25.7. The minimum absolute atomic E-state index is 0.0975. The highest BCUT2D eigenvalue weighted by atomic mass is 35.5. The average molecular weight is 261 g/mol. The molecule has 1 saturated heterocycles. The third kappa shape index (κ3) is 2.36. The third-order valence-electron chi connectivity index (χ3n) is 2.66. The molecule has 0 unspecified atom stereocenters. The van der Waals surface area contributed by atoms with Crippen LogP contribution in [0.4, 0.5) is 0 Å². The number of hydrogen-bond donors (Lipinski definition) is 0. The Hall–Kier alpha value is -0.650. The lowest BCUT2D eigenvalue weighted by molar-refractivity contribution is 0.350. The fourth-order valence-electron chi connectivity index (χ4n) is 1.71. The Balaban J connectivity index is 2.20. The van der Waals surface area contributed by atoms with Crippen molar-refractivity contribution in [2.45, 2.75) is 23.1 Å². The second kappa shape index (κ2) is 4.69.